The normalized spacial score (nSPS) is 10.3. The first-order valence-electron chi connectivity index (χ1n) is 6.37. The molecule has 4 heteroatoms. The van der Waals surface area contributed by atoms with E-state index < -0.39 is 11.7 Å². The molecule has 0 bridgehead atoms. The lowest BCUT2D eigenvalue weighted by Crippen LogP contribution is -2.13. The number of benzene rings is 2. The molecule has 0 fully saturated rings. The van der Waals surface area contributed by atoms with Crippen LogP contribution in [0, 0.1) is 19.7 Å². The number of hydrogen-bond donors (Lipinski definition) is 2. The number of nitrogens with two attached hydrogens (primary N) is 1. The number of carbonyl (C=O) groups is 1. The van der Waals surface area contributed by atoms with Crippen LogP contribution >= 0.6 is 0 Å². The Hall–Kier alpha value is -2.36. The van der Waals surface area contributed by atoms with Crippen LogP contribution < -0.4 is 11.1 Å². The molecule has 0 radical (unpaired) electrons. The molecule has 2 rings (SSSR count). The van der Waals surface area contributed by atoms with Crippen LogP contribution in [-0.2, 0) is 6.54 Å². The number of amides is 1. The lowest BCUT2D eigenvalue weighted by molar-refractivity contribution is 0.0996. The molecule has 0 spiro atoms. The van der Waals surface area contributed by atoms with Crippen LogP contribution in [0.4, 0.5) is 10.1 Å². The van der Waals surface area contributed by atoms with Gasteiger partial charge in [0.25, 0.3) is 5.91 Å². The third kappa shape index (κ3) is 2.96. The molecule has 0 aliphatic heterocycles. The molecule has 3 nitrogen and oxygen atoms in total. The minimum absolute atomic E-state index is 0.101. The predicted octanol–water partition coefficient (Wildman–Crippen LogP) is 3.15. The Morgan fingerprint density at radius 1 is 1.25 bits per heavy atom. The number of hydrogen-bond acceptors (Lipinski definition) is 2. The van der Waals surface area contributed by atoms with E-state index in [0.717, 1.165) is 5.56 Å². The first kappa shape index (κ1) is 14.1. The van der Waals surface area contributed by atoms with Gasteiger partial charge in [0.15, 0.2) is 0 Å². The van der Waals surface area contributed by atoms with E-state index in [1.165, 1.54) is 23.3 Å². The molecule has 0 saturated heterocycles. The zero-order valence-corrected chi connectivity index (χ0v) is 11.5. The fourth-order valence-electron chi connectivity index (χ4n) is 2.02. The summed E-state index contributed by atoms with van der Waals surface area (Å²) in [5, 5.41) is 3.18. The third-order valence-electron chi connectivity index (χ3n) is 3.43. The van der Waals surface area contributed by atoms with Crippen LogP contribution in [0.1, 0.15) is 27.0 Å². The second-order valence-electron chi connectivity index (χ2n) is 4.77. The van der Waals surface area contributed by atoms with E-state index in [4.69, 9.17) is 5.73 Å². The van der Waals surface area contributed by atoms with Gasteiger partial charge in [0.1, 0.15) is 5.82 Å². The SMILES string of the molecule is Cc1cccc(CNc2ccc(F)c(C(N)=O)c2)c1C. The number of anilines is 1. The van der Waals surface area contributed by atoms with Gasteiger partial charge in [0.2, 0.25) is 0 Å². The molecule has 3 N–H and O–H groups in total. The molecule has 104 valence electrons. The zero-order chi connectivity index (χ0) is 14.7. The highest BCUT2D eigenvalue weighted by Crippen LogP contribution is 2.17. The summed E-state index contributed by atoms with van der Waals surface area (Å²) in [6.07, 6.45) is 0. The molecule has 0 atom stereocenters. The Kier molecular flexibility index (Phi) is 4.03. The van der Waals surface area contributed by atoms with Crippen LogP contribution in [0.2, 0.25) is 0 Å². The van der Waals surface area contributed by atoms with Gasteiger partial charge in [-0.2, -0.15) is 0 Å². The molecule has 1 amide bonds. The first-order valence-corrected chi connectivity index (χ1v) is 6.37. The van der Waals surface area contributed by atoms with E-state index in [9.17, 15) is 9.18 Å². The molecule has 0 aliphatic rings. The summed E-state index contributed by atoms with van der Waals surface area (Å²) in [5.74, 6) is -1.37. The van der Waals surface area contributed by atoms with Crippen LogP contribution in [0.5, 0.6) is 0 Å². The molecule has 0 unspecified atom stereocenters. The van der Waals surface area contributed by atoms with Crippen molar-refractivity contribution in [2.45, 2.75) is 20.4 Å². The van der Waals surface area contributed by atoms with Crippen molar-refractivity contribution < 1.29 is 9.18 Å². The maximum Gasteiger partial charge on any atom is 0.251 e. The summed E-state index contributed by atoms with van der Waals surface area (Å²) < 4.78 is 13.4. The summed E-state index contributed by atoms with van der Waals surface area (Å²) in [6.45, 7) is 4.73. The summed E-state index contributed by atoms with van der Waals surface area (Å²) >= 11 is 0. The van der Waals surface area contributed by atoms with Crippen molar-refractivity contribution in [2.75, 3.05) is 5.32 Å². The Bertz CT molecular complexity index is 653. The quantitative estimate of drug-likeness (QED) is 0.898. The van der Waals surface area contributed by atoms with Crippen molar-refractivity contribution >= 4 is 11.6 Å². The van der Waals surface area contributed by atoms with Crippen molar-refractivity contribution in [2.24, 2.45) is 5.73 Å². The largest absolute Gasteiger partial charge is 0.381 e. The number of carbonyl (C=O) groups excluding carboxylic acids is 1. The zero-order valence-electron chi connectivity index (χ0n) is 11.5. The Labute approximate surface area is 117 Å². The molecule has 0 aliphatic carbocycles. The Balaban J connectivity index is 2.17. The summed E-state index contributed by atoms with van der Waals surface area (Å²) in [7, 11) is 0. The van der Waals surface area contributed by atoms with Gasteiger partial charge in [-0.1, -0.05) is 18.2 Å². The van der Waals surface area contributed by atoms with E-state index in [0.29, 0.717) is 12.2 Å². The average Bonchev–Trinajstić information content (AvgIpc) is 2.41. The van der Waals surface area contributed by atoms with Crippen LogP contribution in [-0.4, -0.2) is 5.91 Å². The van der Waals surface area contributed by atoms with E-state index in [-0.39, 0.29) is 5.56 Å². The molecule has 2 aromatic carbocycles. The number of halogens is 1. The topological polar surface area (TPSA) is 55.1 Å². The van der Waals surface area contributed by atoms with Crippen molar-refractivity contribution in [3.05, 3.63) is 64.5 Å². The standard InChI is InChI=1S/C16H17FN2O/c1-10-4-3-5-12(11(10)2)9-19-13-6-7-15(17)14(8-13)16(18)20/h3-8,19H,9H2,1-2H3,(H2,18,20). The second-order valence-corrected chi connectivity index (χ2v) is 4.77. The van der Waals surface area contributed by atoms with Crippen molar-refractivity contribution in [3.63, 3.8) is 0 Å². The van der Waals surface area contributed by atoms with Gasteiger partial charge in [-0.15, -0.1) is 0 Å². The molecule has 0 aromatic heterocycles. The molecule has 0 saturated carbocycles. The Morgan fingerprint density at radius 2 is 2.00 bits per heavy atom. The number of nitrogens with one attached hydrogen (secondary N) is 1. The fourth-order valence-corrected chi connectivity index (χ4v) is 2.02. The highest BCUT2D eigenvalue weighted by Gasteiger charge is 2.09. The lowest BCUT2D eigenvalue weighted by atomic mass is 10.0. The molecule has 20 heavy (non-hydrogen) atoms. The maximum absolute atomic E-state index is 13.4. The Morgan fingerprint density at radius 3 is 2.70 bits per heavy atom. The van der Waals surface area contributed by atoms with Crippen molar-refractivity contribution in [1.29, 1.82) is 0 Å². The van der Waals surface area contributed by atoms with Gasteiger partial charge in [-0.25, -0.2) is 4.39 Å². The fraction of sp³-hybridized carbons (Fsp3) is 0.188. The second kappa shape index (κ2) is 5.74. The highest BCUT2D eigenvalue weighted by atomic mass is 19.1. The van der Waals surface area contributed by atoms with E-state index in [1.54, 1.807) is 6.07 Å². The van der Waals surface area contributed by atoms with Crippen LogP contribution in [0.15, 0.2) is 36.4 Å². The van der Waals surface area contributed by atoms with Gasteiger partial charge in [0.05, 0.1) is 5.56 Å². The highest BCUT2D eigenvalue weighted by molar-refractivity contribution is 5.94. The molecular formula is C16H17FN2O. The minimum atomic E-state index is -0.766. The summed E-state index contributed by atoms with van der Waals surface area (Å²) in [4.78, 5) is 11.1. The van der Waals surface area contributed by atoms with Crippen molar-refractivity contribution in [3.8, 4) is 0 Å². The van der Waals surface area contributed by atoms with E-state index >= 15 is 0 Å². The van der Waals surface area contributed by atoms with Gasteiger partial charge in [-0.05, 0) is 48.7 Å². The number of primary amides is 1. The van der Waals surface area contributed by atoms with Crippen molar-refractivity contribution in [1.82, 2.24) is 0 Å². The van der Waals surface area contributed by atoms with Gasteiger partial charge >= 0.3 is 0 Å². The van der Waals surface area contributed by atoms with Gasteiger partial charge < -0.3 is 11.1 Å². The molecule has 0 heterocycles. The average molecular weight is 272 g/mol. The number of aryl methyl sites for hydroxylation is 1. The third-order valence-corrected chi connectivity index (χ3v) is 3.43. The van der Waals surface area contributed by atoms with E-state index in [2.05, 4.69) is 25.2 Å². The summed E-state index contributed by atoms with van der Waals surface area (Å²) in [5.41, 5.74) is 9.30. The van der Waals surface area contributed by atoms with Crippen LogP contribution in [0.25, 0.3) is 0 Å². The van der Waals surface area contributed by atoms with Crippen LogP contribution in [0.3, 0.4) is 0 Å². The smallest absolute Gasteiger partial charge is 0.251 e. The first-order chi connectivity index (χ1) is 9.49. The van der Waals surface area contributed by atoms with E-state index in [1.807, 2.05) is 12.1 Å². The lowest BCUT2D eigenvalue weighted by Gasteiger charge is -2.11. The molecular weight excluding hydrogens is 255 g/mol. The summed E-state index contributed by atoms with van der Waals surface area (Å²) in [6, 6.07) is 10.4. The predicted molar refractivity (Wildman–Crippen MR) is 78.2 cm³/mol. The number of rotatable bonds is 4. The maximum atomic E-state index is 13.4. The van der Waals surface area contributed by atoms with Gasteiger partial charge in [-0.3, -0.25) is 4.79 Å². The van der Waals surface area contributed by atoms with Gasteiger partial charge in [0, 0.05) is 12.2 Å². The minimum Gasteiger partial charge on any atom is -0.381 e. The molecule has 2 aromatic rings. The monoisotopic (exact) mass is 272 g/mol.